The number of aliphatic carboxylic acids is 1. The molecule has 0 radical (unpaired) electrons. The number of benzene rings is 2. The summed E-state index contributed by atoms with van der Waals surface area (Å²) in [5, 5.41) is 13.3. The standard InChI is InChI=1S/C24H31N5O4S.C2HF3O2/c30-23-8-4-14-29(23)15-5-11-26-24(31)19-9-10-22(28-16-12-25-13-17-28)21(18-19)27-34(32,33)20-6-2-1-3-7-20;3-2(4,5)1(6)7/h1-3,6-7,9-10,18,25,27H,4-5,8,11-17H2,(H,26,31);(H,6,7). The molecule has 0 aromatic heterocycles. The highest BCUT2D eigenvalue weighted by Gasteiger charge is 2.38. The molecule has 2 heterocycles. The highest BCUT2D eigenvalue weighted by Crippen LogP contribution is 2.30. The average Bonchev–Trinajstić information content (AvgIpc) is 3.36. The van der Waals surface area contributed by atoms with E-state index in [0.29, 0.717) is 37.2 Å². The van der Waals surface area contributed by atoms with E-state index in [-0.39, 0.29) is 16.7 Å². The summed E-state index contributed by atoms with van der Waals surface area (Å²) in [4.78, 5) is 37.5. The van der Waals surface area contributed by atoms with Gasteiger partial charge >= 0.3 is 12.1 Å². The lowest BCUT2D eigenvalue weighted by atomic mass is 10.1. The summed E-state index contributed by atoms with van der Waals surface area (Å²) >= 11 is 0. The number of amides is 2. The maximum Gasteiger partial charge on any atom is 0.490 e. The molecule has 2 aliphatic rings. The van der Waals surface area contributed by atoms with E-state index in [1.165, 1.54) is 12.1 Å². The Bertz CT molecular complexity index is 1320. The first-order valence-corrected chi connectivity index (χ1v) is 14.4. The van der Waals surface area contributed by atoms with E-state index < -0.39 is 22.2 Å². The third-order valence-electron chi connectivity index (χ3n) is 6.32. The lowest BCUT2D eigenvalue weighted by molar-refractivity contribution is -0.192. The highest BCUT2D eigenvalue weighted by atomic mass is 32.2. The van der Waals surface area contributed by atoms with Crippen molar-refractivity contribution in [1.29, 1.82) is 0 Å². The molecule has 11 nitrogen and oxygen atoms in total. The Labute approximate surface area is 235 Å². The number of anilines is 2. The number of hydrogen-bond donors (Lipinski definition) is 4. The smallest absolute Gasteiger partial charge is 0.475 e. The topological polar surface area (TPSA) is 148 Å². The number of carbonyl (C=O) groups is 3. The fraction of sp³-hybridized carbons (Fsp3) is 0.423. The molecule has 0 bridgehead atoms. The molecule has 41 heavy (non-hydrogen) atoms. The number of carboxylic acid groups (broad SMARTS) is 1. The summed E-state index contributed by atoms with van der Waals surface area (Å²) in [7, 11) is -3.81. The molecule has 2 aromatic carbocycles. The Morgan fingerprint density at radius 3 is 2.27 bits per heavy atom. The average molecular weight is 600 g/mol. The lowest BCUT2D eigenvalue weighted by Crippen LogP contribution is -2.43. The van der Waals surface area contributed by atoms with Gasteiger partial charge in [0.15, 0.2) is 0 Å². The second-order valence-electron chi connectivity index (χ2n) is 9.28. The number of sulfonamides is 1. The van der Waals surface area contributed by atoms with Crippen LogP contribution in [0.2, 0.25) is 0 Å². The van der Waals surface area contributed by atoms with Crippen molar-refractivity contribution in [3.05, 3.63) is 54.1 Å². The molecule has 0 atom stereocenters. The number of alkyl halides is 3. The van der Waals surface area contributed by atoms with Crippen LogP contribution in [0.4, 0.5) is 24.5 Å². The van der Waals surface area contributed by atoms with Gasteiger partial charge in [-0.15, -0.1) is 0 Å². The van der Waals surface area contributed by atoms with Gasteiger partial charge in [0.05, 0.1) is 16.3 Å². The van der Waals surface area contributed by atoms with E-state index in [0.717, 1.165) is 44.8 Å². The molecular formula is C26H32F3N5O6S. The van der Waals surface area contributed by atoms with Crippen molar-refractivity contribution >= 4 is 39.2 Å². The van der Waals surface area contributed by atoms with E-state index in [4.69, 9.17) is 9.90 Å². The van der Waals surface area contributed by atoms with Crippen LogP contribution in [0, 0.1) is 0 Å². The minimum atomic E-state index is -5.08. The van der Waals surface area contributed by atoms with Crippen molar-refractivity contribution in [2.24, 2.45) is 0 Å². The normalized spacial score (nSPS) is 15.6. The Hall–Kier alpha value is -3.85. The van der Waals surface area contributed by atoms with E-state index in [9.17, 15) is 31.2 Å². The van der Waals surface area contributed by atoms with Crippen LogP contribution in [-0.4, -0.2) is 88.2 Å². The Balaban J connectivity index is 0.000000587. The zero-order valence-corrected chi connectivity index (χ0v) is 22.9. The minimum Gasteiger partial charge on any atom is -0.475 e. The molecule has 2 aliphatic heterocycles. The maximum atomic E-state index is 13.0. The summed E-state index contributed by atoms with van der Waals surface area (Å²) in [6, 6.07) is 13.3. The van der Waals surface area contributed by atoms with E-state index in [1.54, 1.807) is 36.4 Å². The second kappa shape index (κ2) is 14.2. The van der Waals surface area contributed by atoms with Crippen LogP contribution in [0.1, 0.15) is 29.6 Å². The highest BCUT2D eigenvalue weighted by molar-refractivity contribution is 7.92. The molecule has 0 saturated carbocycles. The number of carbonyl (C=O) groups excluding carboxylic acids is 2. The first-order valence-electron chi connectivity index (χ1n) is 12.9. The monoisotopic (exact) mass is 599 g/mol. The van der Waals surface area contributed by atoms with Crippen molar-refractivity contribution in [3.8, 4) is 0 Å². The van der Waals surface area contributed by atoms with Gasteiger partial charge in [-0.25, -0.2) is 13.2 Å². The van der Waals surface area contributed by atoms with Crippen LogP contribution < -0.4 is 20.3 Å². The van der Waals surface area contributed by atoms with Crippen LogP contribution in [0.5, 0.6) is 0 Å². The van der Waals surface area contributed by atoms with Crippen LogP contribution in [0.15, 0.2) is 53.4 Å². The molecule has 15 heteroatoms. The second-order valence-corrected chi connectivity index (χ2v) is 11.0. The number of nitrogens with one attached hydrogen (secondary N) is 3. The zero-order valence-electron chi connectivity index (χ0n) is 22.1. The third-order valence-corrected chi connectivity index (χ3v) is 7.70. The zero-order chi connectivity index (χ0) is 30.0. The van der Waals surface area contributed by atoms with Gasteiger partial charge in [0, 0.05) is 57.8 Å². The van der Waals surface area contributed by atoms with E-state index in [1.807, 2.05) is 4.90 Å². The quantitative estimate of drug-likeness (QED) is 0.321. The molecule has 4 N–H and O–H groups in total. The molecular weight excluding hydrogens is 567 g/mol. The van der Waals surface area contributed by atoms with Crippen LogP contribution in [0.25, 0.3) is 0 Å². The number of nitrogens with zero attached hydrogens (tertiary/aromatic N) is 2. The van der Waals surface area contributed by atoms with Gasteiger partial charge in [0.25, 0.3) is 15.9 Å². The van der Waals surface area contributed by atoms with Crippen molar-refractivity contribution in [2.45, 2.75) is 30.3 Å². The number of piperazine rings is 1. The predicted molar refractivity (Wildman–Crippen MR) is 145 cm³/mol. The summed E-state index contributed by atoms with van der Waals surface area (Å²) in [5.74, 6) is -2.86. The number of hydrogen-bond acceptors (Lipinski definition) is 7. The summed E-state index contributed by atoms with van der Waals surface area (Å²) < 4.78 is 60.4. The Kier molecular flexibility index (Phi) is 10.9. The summed E-state index contributed by atoms with van der Waals surface area (Å²) in [5.41, 5.74) is 1.49. The molecule has 0 aliphatic carbocycles. The Morgan fingerprint density at radius 2 is 1.68 bits per heavy atom. The van der Waals surface area contributed by atoms with Gasteiger partial charge in [-0.05, 0) is 43.2 Å². The van der Waals surface area contributed by atoms with Gasteiger partial charge < -0.3 is 25.5 Å². The van der Waals surface area contributed by atoms with E-state index in [2.05, 4.69) is 20.3 Å². The molecule has 0 unspecified atom stereocenters. The van der Waals surface area contributed by atoms with Gasteiger partial charge in [-0.2, -0.15) is 13.2 Å². The molecule has 0 spiro atoms. The fourth-order valence-electron chi connectivity index (χ4n) is 4.26. The van der Waals surface area contributed by atoms with Crippen molar-refractivity contribution in [3.63, 3.8) is 0 Å². The van der Waals surface area contributed by atoms with Gasteiger partial charge in [-0.3, -0.25) is 14.3 Å². The SMILES string of the molecule is O=C(NCCCN1CCCC1=O)c1ccc(N2CCNCC2)c(NS(=O)(=O)c2ccccc2)c1.O=C(O)C(F)(F)F. The number of rotatable bonds is 9. The fourth-order valence-corrected chi connectivity index (χ4v) is 5.34. The predicted octanol–water partition coefficient (Wildman–Crippen LogP) is 2.27. The summed E-state index contributed by atoms with van der Waals surface area (Å²) in [6.45, 7) is 4.92. The maximum absolute atomic E-state index is 13.0. The van der Waals surface area contributed by atoms with Crippen molar-refractivity contribution in [2.75, 3.05) is 55.4 Å². The largest absolute Gasteiger partial charge is 0.490 e. The van der Waals surface area contributed by atoms with Crippen molar-refractivity contribution in [1.82, 2.24) is 15.5 Å². The first-order chi connectivity index (χ1) is 19.4. The number of halogens is 3. The van der Waals surface area contributed by atoms with Crippen LogP contribution >= 0.6 is 0 Å². The van der Waals surface area contributed by atoms with Gasteiger partial charge in [-0.1, -0.05) is 18.2 Å². The molecule has 2 aromatic rings. The van der Waals surface area contributed by atoms with Crippen LogP contribution in [-0.2, 0) is 19.6 Å². The lowest BCUT2D eigenvalue weighted by Gasteiger charge is -2.31. The van der Waals surface area contributed by atoms with Crippen molar-refractivity contribution < 1.29 is 41.1 Å². The number of carboxylic acids is 1. The van der Waals surface area contributed by atoms with E-state index >= 15 is 0 Å². The molecule has 224 valence electrons. The van der Waals surface area contributed by atoms with Gasteiger partial charge in [0.1, 0.15) is 0 Å². The number of likely N-dealkylation sites (tertiary alicyclic amines) is 1. The molecule has 2 fully saturated rings. The first kappa shape index (κ1) is 31.7. The van der Waals surface area contributed by atoms with Crippen LogP contribution in [0.3, 0.4) is 0 Å². The molecule has 2 saturated heterocycles. The Morgan fingerprint density at radius 1 is 1.02 bits per heavy atom. The molecule has 2 amide bonds. The van der Waals surface area contributed by atoms with Gasteiger partial charge in [0.2, 0.25) is 5.91 Å². The molecule has 4 rings (SSSR count). The minimum absolute atomic E-state index is 0.160. The third kappa shape index (κ3) is 9.35. The summed E-state index contributed by atoms with van der Waals surface area (Å²) in [6.07, 6.45) is -2.91.